The van der Waals surface area contributed by atoms with Crippen LogP contribution in [-0.4, -0.2) is 46.5 Å². The quantitative estimate of drug-likeness (QED) is 0.297. The van der Waals surface area contributed by atoms with Crippen LogP contribution in [0.25, 0.3) is 22.1 Å². The van der Waals surface area contributed by atoms with Gasteiger partial charge >= 0.3 is 0 Å². The summed E-state index contributed by atoms with van der Waals surface area (Å²) in [6.45, 7) is 1.31. The highest BCUT2D eigenvalue weighted by Gasteiger charge is 2.21. The minimum atomic E-state index is -0.388. The zero-order chi connectivity index (χ0) is 26.1. The van der Waals surface area contributed by atoms with Gasteiger partial charge in [0, 0.05) is 30.1 Å². The number of benzene rings is 1. The van der Waals surface area contributed by atoms with Gasteiger partial charge in [-0.25, -0.2) is 0 Å². The lowest BCUT2D eigenvalue weighted by Gasteiger charge is -2.26. The number of aromatic nitrogens is 3. The fourth-order valence-electron chi connectivity index (χ4n) is 4.08. The number of hydrogen-bond acceptors (Lipinski definition) is 8. The Morgan fingerprint density at radius 1 is 1.11 bits per heavy atom. The molecule has 12 heteroatoms. The van der Waals surface area contributed by atoms with Crippen LogP contribution in [0.2, 0.25) is 4.34 Å². The molecule has 1 aromatic carbocycles. The number of carbonyl (C=O) groups is 2. The highest BCUT2D eigenvalue weighted by molar-refractivity contribution is 7.19. The normalized spacial score (nSPS) is 13.7. The number of amides is 2. The Balaban J connectivity index is 1.21. The molecule has 6 rings (SSSR count). The number of morpholine rings is 1. The topological polar surface area (TPSA) is 116 Å². The Labute approximate surface area is 225 Å². The van der Waals surface area contributed by atoms with Gasteiger partial charge in [0.25, 0.3) is 11.8 Å². The molecule has 0 spiro atoms. The highest BCUT2D eigenvalue weighted by atomic mass is 35.5. The first-order valence-corrected chi connectivity index (χ1v) is 12.9. The number of thiophene rings is 1. The van der Waals surface area contributed by atoms with Crippen molar-refractivity contribution >= 4 is 46.1 Å². The number of nitrogens with one attached hydrogen (secondary N) is 1. The first kappa shape index (κ1) is 24.2. The van der Waals surface area contributed by atoms with Gasteiger partial charge in [0.1, 0.15) is 18.0 Å². The molecule has 1 fully saturated rings. The average molecular weight is 550 g/mol. The summed E-state index contributed by atoms with van der Waals surface area (Å²) in [5, 5.41) is 11.5. The van der Waals surface area contributed by atoms with Gasteiger partial charge in [0.15, 0.2) is 17.2 Å². The van der Waals surface area contributed by atoms with Crippen molar-refractivity contribution in [3.63, 3.8) is 0 Å². The van der Waals surface area contributed by atoms with Gasteiger partial charge < -0.3 is 23.9 Å². The number of halogens is 1. The van der Waals surface area contributed by atoms with E-state index in [2.05, 4.69) is 15.6 Å². The number of rotatable bonds is 7. The standard InChI is InChI=1S/C26H20ClN5O5S/c27-24-8-7-23(38-24)22-12-17(30-37-22)14-32-20(21-2-1-10-36-21)13-19(29-32)26(34)28-16-3-5-18(6-4-16)31-9-11-35-15-25(31)33/h1-8,10,12-13H,9,11,14-15H2,(H,28,34). The Kier molecular flexibility index (Phi) is 6.54. The molecule has 0 unspecified atom stereocenters. The average Bonchev–Trinajstić information content (AvgIpc) is 3.73. The largest absolute Gasteiger partial charge is 0.463 e. The lowest BCUT2D eigenvalue weighted by atomic mass is 10.2. The molecule has 1 saturated heterocycles. The molecule has 0 atom stereocenters. The molecule has 1 N–H and O–H groups in total. The van der Waals surface area contributed by atoms with E-state index in [1.165, 1.54) is 11.3 Å². The number of carbonyl (C=O) groups excluding carboxylic acids is 2. The summed E-state index contributed by atoms with van der Waals surface area (Å²) in [6.07, 6.45) is 1.56. The molecule has 0 radical (unpaired) electrons. The van der Waals surface area contributed by atoms with Crippen molar-refractivity contribution in [3.05, 3.63) is 82.7 Å². The predicted octanol–water partition coefficient (Wildman–Crippen LogP) is 5.18. The molecular weight excluding hydrogens is 530 g/mol. The highest BCUT2D eigenvalue weighted by Crippen LogP contribution is 2.32. The van der Waals surface area contributed by atoms with E-state index < -0.39 is 0 Å². The maximum Gasteiger partial charge on any atom is 0.276 e. The van der Waals surface area contributed by atoms with E-state index >= 15 is 0 Å². The van der Waals surface area contributed by atoms with Gasteiger partial charge in [-0.3, -0.25) is 14.3 Å². The van der Waals surface area contributed by atoms with E-state index in [4.69, 9.17) is 25.3 Å². The Morgan fingerprint density at radius 3 is 2.71 bits per heavy atom. The summed E-state index contributed by atoms with van der Waals surface area (Å²) in [4.78, 5) is 27.7. The summed E-state index contributed by atoms with van der Waals surface area (Å²) in [6, 6.07) is 17.8. The lowest BCUT2D eigenvalue weighted by molar-refractivity contribution is -0.125. The van der Waals surface area contributed by atoms with Crippen LogP contribution in [-0.2, 0) is 16.1 Å². The van der Waals surface area contributed by atoms with Crippen molar-refractivity contribution in [2.45, 2.75) is 6.54 Å². The second-order valence-electron chi connectivity index (χ2n) is 8.43. The van der Waals surface area contributed by atoms with Crippen molar-refractivity contribution < 1.29 is 23.3 Å². The summed E-state index contributed by atoms with van der Waals surface area (Å²) < 4.78 is 18.5. The van der Waals surface area contributed by atoms with Crippen LogP contribution >= 0.6 is 22.9 Å². The van der Waals surface area contributed by atoms with E-state index in [0.29, 0.717) is 46.1 Å². The van der Waals surface area contributed by atoms with Gasteiger partial charge in [0.2, 0.25) is 0 Å². The van der Waals surface area contributed by atoms with Crippen LogP contribution < -0.4 is 10.2 Å². The third-order valence-electron chi connectivity index (χ3n) is 5.90. The molecule has 1 aliphatic heterocycles. The monoisotopic (exact) mass is 549 g/mol. The van der Waals surface area contributed by atoms with Crippen LogP contribution in [0.15, 0.2) is 75.9 Å². The van der Waals surface area contributed by atoms with Crippen LogP contribution in [0.3, 0.4) is 0 Å². The van der Waals surface area contributed by atoms with Gasteiger partial charge in [-0.2, -0.15) is 5.10 Å². The van der Waals surface area contributed by atoms with Gasteiger partial charge in [-0.05, 0) is 48.5 Å². The van der Waals surface area contributed by atoms with Crippen molar-refractivity contribution in [2.24, 2.45) is 0 Å². The molecule has 0 bridgehead atoms. The maximum absolute atomic E-state index is 13.1. The molecular formula is C26H20ClN5O5S. The maximum atomic E-state index is 13.1. The van der Waals surface area contributed by atoms with Gasteiger partial charge in [0.05, 0.1) is 28.6 Å². The Morgan fingerprint density at radius 2 is 1.97 bits per heavy atom. The van der Waals surface area contributed by atoms with E-state index in [1.54, 1.807) is 64.4 Å². The smallest absolute Gasteiger partial charge is 0.276 e. The molecule has 38 heavy (non-hydrogen) atoms. The molecule has 1 aliphatic rings. The van der Waals surface area contributed by atoms with Crippen LogP contribution in [0, 0.1) is 0 Å². The van der Waals surface area contributed by atoms with Gasteiger partial charge in [-0.1, -0.05) is 16.8 Å². The predicted molar refractivity (Wildman–Crippen MR) is 141 cm³/mol. The van der Waals surface area contributed by atoms with E-state index in [1.807, 2.05) is 12.1 Å². The summed E-state index contributed by atoms with van der Waals surface area (Å²) >= 11 is 7.43. The van der Waals surface area contributed by atoms with Crippen molar-refractivity contribution in [1.82, 2.24) is 14.9 Å². The van der Waals surface area contributed by atoms with Gasteiger partial charge in [-0.15, -0.1) is 11.3 Å². The second kappa shape index (κ2) is 10.3. The zero-order valence-electron chi connectivity index (χ0n) is 19.8. The van der Waals surface area contributed by atoms with Crippen molar-refractivity contribution in [3.8, 4) is 22.1 Å². The molecule has 0 saturated carbocycles. The minimum absolute atomic E-state index is 0.0667. The SMILES string of the molecule is O=C(Nc1ccc(N2CCOCC2=O)cc1)c1cc(-c2ccco2)n(Cc2cc(-c3ccc(Cl)s3)on2)n1. The van der Waals surface area contributed by atoms with Crippen molar-refractivity contribution in [2.75, 3.05) is 30.0 Å². The third-order valence-corrected chi connectivity index (χ3v) is 7.14. The first-order chi connectivity index (χ1) is 18.5. The Hall–Kier alpha value is -4.19. The molecule has 10 nitrogen and oxygen atoms in total. The third kappa shape index (κ3) is 4.99. The number of ether oxygens (including phenoxy) is 1. The lowest BCUT2D eigenvalue weighted by Crippen LogP contribution is -2.41. The molecule has 0 aliphatic carbocycles. The van der Waals surface area contributed by atoms with Crippen LogP contribution in [0.4, 0.5) is 11.4 Å². The molecule has 5 aromatic rings. The Bertz CT molecular complexity index is 1590. The zero-order valence-corrected chi connectivity index (χ0v) is 21.4. The fourth-order valence-corrected chi connectivity index (χ4v) is 5.08. The fraction of sp³-hybridized carbons (Fsp3) is 0.154. The molecule has 4 aromatic heterocycles. The van der Waals surface area contributed by atoms with E-state index in [-0.39, 0.29) is 30.7 Å². The van der Waals surface area contributed by atoms with Crippen LogP contribution in [0.1, 0.15) is 16.2 Å². The van der Waals surface area contributed by atoms with E-state index in [0.717, 1.165) is 10.6 Å². The summed E-state index contributed by atoms with van der Waals surface area (Å²) in [7, 11) is 0. The van der Waals surface area contributed by atoms with Crippen molar-refractivity contribution in [1.29, 1.82) is 0 Å². The number of furan rings is 1. The van der Waals surface area contributed by atoms with E-state index in [9.17, 15) is 9.59 Å². The summed E-state index contributed by atoms with van der Waals surface area (Å²) in [5.74, 6) is 0.678. The minimum Gasteiger partial charge on any atom is -0.463 e. The first-order valence-electron chi connectivity index (χ1n) is 11.7. The molecule has 192 valence electrons. The molecule has 2 amide bonds. The number of hydrogen-bond donors (Lipinski definition) is 1. The van der Waals surface area contributed by atoms with Crippen LogP contribution in [0.5, 0.6) is 0 Å². The summed E-state index contributed by atoms with van der Waals surface area (Å²) in [5.41, 5.74) is 2.77. The molecule has 5 heterocycles. The second-order valence-corrected chi connectivity index (χ2v) is 10.2. The number of anilines is 2. The number of nitrogens with zero attached hydrogens (tertiary/aromatic N) is 4.